The number of anilines is 1. The van der Waals surface area contributed by atoms with Crippen molar-refractivity contribution in [1.82, 2.24) is 4.98 Å². The van der Waals surface area contributed by atoms with E-state index in [1.807, 2.05) is 60.7 Å². The minimum absolute atomic E-state index is 0.187. The Morgan fingerprint density at radius 3 is 2.50 bits per heavy atom. The smallest absolute Gasteiger partial charge is 0.248 e. The third-order valence-electron chi connectivity index (χ3n) is 4.02. The average Bonchev–Trinajstić information content (AvgIpc) is 2.74. The molecule has 142 valence electrons. The van der Waals surface area contributed by atoms with Crippen molar-refractivity contribution >= 4 is 17.7 Å². The van der Waals surface area contributed by atoms with Crippen LogP contribution in [0.15, 0.2) is 79.1 Å². The molecule has 1 heterocycles. The second-order valence-corrected chi connectivity index (χ2v) is 6.14. The molecule has 5 heteroatoms. The summed E-state index contributed by atoms with van der Waals surface area (Å²) in [7, 11) is 1.65. The third-order valence-corrected chi connectivity index (χ3v) is 4.02. The fourth-order valence-electron chi connectivity index (χ4n) is 2.58. The highest BCUT2D eigenvalue weighted by Gasteiger charge is 2.01. The lowest BCUT2D eigenvalue weighted by molar-refractivity contribution is -0.111. The molecule has 28 heavy (non-hydrogen) atoms. The van der Waals surface area contributed by atoms with Crippen LogP contribution in [0, 0.1) is 0 Å². The summed E-state index contributed by atoms with van der Waals surface area (Å²) in [6, 6.07) is 19.1. The third kappa shape index (κ3) is 6.07. The largest absolute Gasteiger partial charge is 0.497 e. The van der Waals surface area contributed by atoms with Crippen molar-refractivity contribution in [2.24, 2.45) is 0 Å². The first-order chi connectivity index (χ1) is 13.7. The second kappa shape index (κ2) is 10.0. The fraction of sp³-hybridized carbons (Fsp3) is 0.130. The Hall–Kier alpha value is -3.44. The molecule has 2 aromatic carbocycles. The number of pyridine rings is 1. The van der Waals surface area contributed by atoms with Gasteiger partial charge in [0.05, 0.1) is 20.3 Å². The van der Waals surface area contributed by atoms with E-state index in [0.29, 0.717) is 13.2 Å². The number of amides is 1. The highest BCUT2D eigenvalue weighted by molar-refractivity contribution is 6.01. The lowest BCUT2D eigenvalue weighted by Gasteiger charge is -2.08. The molecule has 0 bridgehead atoms. The van der Waals surface area contributed by atoms with Crippen molar-refractivity contribution in [2.75, 3.05) is 12.4 Å². The van der Waals surface area contributed by atoms with Gasteiger partial charge in [0.1, 0.15) is 5.75 Å². The molecule has 0 radical (unpaired) electrons. The van der Waals surface area contributed by atoms with Gasteiger partial charge in [-0.25, -0.2) is 0 Å². The van der Waals surface area contributed by atoms with Crippen LogP contribution in [0.2, 0.25) is 0 Å². The molecule has 0 spiro atoms. The van der Waals surface area contributed by atoms with Crippen LogP contribution in [0.5, 0.6) is 5.75 Å². The van der Waals surface area contributed by atoms with Crippen LogP contribution < -0.4 is 10.1 Å². The standard InChI is InChI=1S/C23H22N2O3/c1-27-22-8-5-19(6-9-22)16-28-17-20-3-2-4-21(15-20)25-23(26)10-7-18-11-13-24-14-12-18/h2-15H,16-17H2,1H3,(H,25,26)/b10-7+. The number of hydrogen-bond donors (Lipinski definition) is 1. The summed E-state index contributed by atoms with van der Waals surface area (Å²) in [4.78, 5) is 16.0. The van der Waals surface area contributed by atoms with Gasteiger partial charge in [-0.3, -0.25) is 9.78 Å². The van der Waals surface area contributed by atoms with Crippen LogP contribution in [-0.2, 0) is 22.7 Å². The Morgan fingerprint density at radius 2 is 1.75 bits per heavy atom. The number of hydrogen-bond acceptors (Lipinski definition) is 4. The molecule has 0 aliphatic rings. The number of ether oxygens (including phenoxy) is 2. The van der Waals surface area contributed by atoms with E-state index < -0.39 is 0 Å². The number of methoxy groups -OCH3 is 1. The summed E-state index contributed by atoms with van der Waals surface area (Å²) in [5, 5.41) is 2.86. The summed E-state index contributed by atoms with van der Waals surface area (Å²) in [5.74, 6) is 0.637. The first kappa shape index (κ1) is 19.3. The Kier molecular flexibility index (Phi) is 6.93. The number of carbonyl (C=O) groups is 1. The van der Waals surface area contributed by atoms with E-state index in [1.54, 1.807) is 25.6 Å². The first-order valence-electron chi connectivity index (χ1n) is 8.91. The molecule has 0 saturated heterocycles. The van der Waals surface area contributed by atoms with Crippen LogP contribution in [0.1, 0.15) is 16.7 Å². The van der Waals surface area contributed by atoms with Gasteiger partial charge in [-0.15, -0.1) is 0 Å². The number of nitrogens with zero attached hydrogens (tertiary/aromatic N) is 1. The van der Waals surface area contributed by atoms with Crippen LogP contribution in [0.25, 0.3) is 6.08 Å². The molecule has 0 atom stereocenters. The van der Waals surface area contributed by atoms with E-state index in [1.165, 1.54) is 6.08 Å². The predicted molar refractivity (Wildman–Crippen MR) is 110 cm³/mol. The zero-order chi connectivity index (χ0) is 19.6. The normalized spacial score (nSPS) is 10.8. The van der Waals surface area contributed by atoms with Crippen LogP contribution in [-0.4, -0.2) is 18.0 Å². The number of benzene rings is 2. The van der Waals surface area contributed by atoms with Gasteiger partial charge in [0.2, 0.25) is 5.91 Å². The van der Waals surface area contributed by atoms with Gasteiger partial charge in [-0.1, -0.05) is 24.3 Å². The van der Waals surface area contributed by atoms with Crippen LogP contribution >= 0.6 is 0 Å². The fourth-order valence-corrected chi connectivity index (χ4v) is 2.58. The van der Waals surface area contributed by atoms with Gasteiger partial charge in [0, 0.05) is 24.2 Å². The molecular formula is C23H22N2O3. The topological polar surface area (TPSA) is 60.5 Å². The first-order valence-corrected chi connectivity index (χ1v) is 8.91. The van der Waals surface area contributed by atoms with E-state index in [-0.39, 0.29) is 5.91 Å². The monoisotopic (exact) mass is 374 g/mol. The van der Waals surface area contributed by atoms with Crippen LogP contribution in [0.3, 0.4) is 0 Å². The maximum Gasteiger partial charge on any atom is 0.248 e. The molecule has 0 unspecified atom stereocenters. The quantitative estimate of drug-likeness (QED) is 0.592. The summed E-state index contributed by atoms with van der Waals surface area (Å²) in [6.07, 6.45) is 6.63. The molecule has 0 aliphatic carbocycles. The number of nitrogens with one attached hydrogen (secondary N) is 1. The van der Waals surface area contributed by atoms with Crippen molar-refractivity contribution in [1.29, 1.82) is 0 Å². The summed E-state index contributed by atoms with van der Waals surface area (Å²) >= 11 is 0. The Morgan fingerprint density at radius 1 is 1.00 bits per heavy atom. The zero-order valence-electron chi connectivity index (χ0n) is 15.7. The van der Waals surface area contributed by atoms with Crippen molar-refractivity contribution in [3.8, 4) is 5.75 Å². The van der Waals surface area contributed by atoms with Gasteiger partial charge < -0.3 is 14.8 Å². The molecular weight excluding hydrogens is 352 g/mol. The average molecular weight is 374 g/mol. The van der Waals surface area contributed by atoms with Crippen molar-refractivity contribution in [3.05, 3.63) is 95.8 Å². The van der Waals surface area contributed by atoms with Gasteiger partial charge in [0.15, 0.2) is 0 Å². The molecule has 3 rings (SSSR count). The van der Waals surface area contributed by atoms with Crippen molar-refractivity contribution < 1.29 is 14.3 Å². The van der Waals surface area contributed by atoms with E-state index >= 15 is 0 Å². The maximum absolute atomic E-state index is 12.1. The number of aromatic nitrogens is 1. The second-order valence-electron chi connectivity index (χ2n) is 6.14. The van der Waals surface area contributed by atoms with Crippen molar-refractivity contribution in [3.63, 3.8) is 0 Å². The molecule has 0 saturated carbocycles. The Labute approximate surface area is 164 Å². The van der Waals surface area contributed by atoms with Gasteiger partial charge in [-0.05, 0) is 59.2 Å². The number of carbonyl (C=O) groups excluding carboxylic acids is 1. The molecule has 1 N–H and O–H groups in total. The van der Waals surface area contributed by atoms with Crippen molar-refractivity contribution in [2.45, 2.75) is 13.2 Å². The zero-order valence-corrected chi connectivity index (χ0v) is 15.7. The van der Waals surface area contributed by atoms with Gasteiger partial charge in [-0.2, -0.15) is 0 Å². The highest BCUT2D eigenvalue weighted by Crippen LogP contribution is 2.15. The van der Waals surface area contributed by atoms with E-state index in [9.17, 15) is 4.79 Å². The molecule has 1 amide bonds. The van der Waals surface area contributed by atoms with Gasteiger partial charge in [0.25, 0.3) is 0 Å². The summed E-state index contributed by atoms with van der Waals surface area (Å²) in [5.41, 5.74) is 3.72. The Bertz CT molecular complexity index is 922. The van der Waals surface area contributed by atoms with E-state index in [4.69, 9.17) is 9.47 Å². The van der Waals surface area contributed by atoms with Gasteiger partial charge >= 0.3 is 0 Å². The number of rotatable bonds is 8. The molecule has 1 aromatic heterocycles. The lowest BCUT2D eigenvalue weighted by atomic mass is 10.2. The Balaban J connectivity index is 1.50. The highest BCUT2D eigenvalue weighted by atomic mass is 16.5. The lowest BCUT2D eigenvalue weighted by Crippen LogP contribution is -2.08. The summed E-state index contributed by atoms with van der Waals surface area (Å²) < 4.78 is 10.9. The van der Waals surface area contributed by atoms with Crippen LogP contribution in [0.4, 0.5) is 5.69 Å². The molecule has 0 fully saturated rings. The van der Waals surface area contributed by atoms with E-state index in [2.05, 4.69) is 10.3 Å². The minimum Gasteiger partial charge on any atom is -0.497 e. The molecule has 3 aromatic rings. The predicted octanol–water partition coefficient (Wildman–Crippen LogP) is 4.46. The maximum atomic E-state index is 12.1. The van der Waals surface area contributed by atoms with E-state index in [0.717, 1.165) is 28.1 Å². The minimum atomic E-state index is -0.187. The summed E-state index contributed by atoms with van der Waals surface area (Å²) in [6.45, 7) is 0.970. The molecule has 0 aliphatic heterocycles. The molecule has 5 nitrogen and oxygen atoms in total. The SMILES string of the molecule is COc1ccc(COCc2cccc(NC(=O)/C=C/c3ccncc3)c2)cc1.